The third-order valence-electron chi connectivity index (χ3n) is 2.98. The summed E-state index contributed by atoms with van der Waals surface area (Å²) in [5.41, 5.74) is 7.67. The quantitative estimate of drug-likeness (QED) is 0.854. The fourth-order valence-corrected chi connectivity index (χ4v) is 2.36. The van der Waals surface area contributed by atoms with Gasteiger partial charge in [-0.1, -0.05) is 41.4 Å². The van der Waals surface area contributed by atoms with Crippen molar-refractivity contribution >= 4 is 23.2 Å². The van der Waals surface area contributed by atoms with Crippen LogP contribution in [0.2, 0.25) is 10.0 Å². The fourth-order valence-electron chi connectivity index (χ4n) is 1.90. The van der Waals surface area contributed by atoms with Crippen molar-refractivity contribution in [1.29, 1.82) is 0 Å². The summed E-state index contributed by atoms with van der Waals surface area (Å²) in [6.07, 6.45) is 1.95. The zero-order valence-electron chi connectivity index (χ0n) is 11.1. The van der Waals surface area contributed by atoms with Crippen LogP contribution < -0.4 is 10.5 Å². The molecule has 0 aliphatic heterocycles. The number of benzene rings is 2. The predicted octanol–water partition coefficient (Wildman–Crippen LogP) is 4.46. The Kier molecular flexibility index (Phi) is 5.72. The van der Waals surface area contributed by atoms with Crippen LogP contribution in [-0.4, -0.2) is 6.54 Å². The lowest BCUT2D eigenvalue weighted by atomic mass is 10.1. The molecule has 0 radical (unpaired) electrons. The zero-order chi connectivity index (χ0) is 14.4. The molecule has 2 aromatic rings. The van der Waals surface area contributed by atoms with Gasteiger partial charge in [-0.2, -0.15) is 0 Å². The Morgan fingerprint density at radius 2 is 1.90 bits per heavy atom. The molecule has 0 heterocycles. The first-order chi connectivity index (χ1) is 9.69. The summed E-state index contributed by atoms with van der Waals surface area (Å²) in [5, 5.41) is 1.25. The minimum Gasteiger partial charge on any atom is -0.489 e. The highest BCUT2D eigenvalue weighted by molar-refractivity contribution is 6.35. The van der Waals surface area contributed by atoms with Gasteiger partial charge >= 0.3 is 0 Å². The molecule has 0 spiro atoms. The van der Waals surface area contributed by atoms with Gasteiger partial charge in [0.2, 0.25) is 0 Å². The molecule has 2 N–H and O–H groups in total. The van der Waals surface area contributed by atoms with E-state index in [2.05, 4.69) is 6.07 Å². The van der Waals surface area contributed by atoms with Crippen LogP contribution in [0.25, 0.3) is 0 Å². The molecular weight excluding hydrogens is 293 g/mol. The van der Waals surface area contributed by atoms with Crippen LogP contribution in [0.5, 0.6) is 5.75 Å². The van der Waals surface area contributed by atoms with E-state index in [1.54, 1.807) is 6.07 Å². The van der Waals surface area contributed by atoms with Gasteiger partial charge in [-0.15, -0.1) is 0 Å². The molecule has 2 aromatic carbocycles. The highest BCUT2D eigenvalue weighted by Gasteiger charge is 2.03. The number of nitrogens with two attached hydrogens (primary N) is 1. The van der Waals surface area contributed by atoms with E-state index in [9.17, 15) is 0 Å². The van der Waals surface area contributed by atoms with E-state index >= 15 is 0 Å². The Morgan fingerprint density at radius 3 is 2.65 bits per heavy atom. The average Bonchev–Trinajstić information content (AvgIpc) is 2.45. The molecule has 0 bridgehead atoms. The monoisotopic (exact) mass is 309 g/mol. The Hall–Kier alpha value is -1.22. The number of hydrogen-bond acceptors (Lipinski definition) is 2. The van der Waals surface area contributed by atoms with E-state index in [-0.39, 0.29) is 0 Å². The van der Waals surface area contributed by atoms with E-state index in [0.717, 1.165) is 24.2 Å². The number of aryl methyl sites for hydroxylation is 1. The second-order valence-electron chi connectivity index (χ2n) is 4.56. The molecule has 0 saturated heterocycles. The number of rotatable bonds is 6. The van der Waals surface area contributed by atoms with Gasteiger partial charge in [0.1, 0.15) is 12.4 Å². The topological polar surface area (TPSA) is 35.2 Å². The molecule has 0 aromatic heterocycles. The number of halogens is 2. The molecule has 0 amide bonds. The first kappa shape index (κ1) is 15.2. The lowest BCUT2D eigenvalue weighted by Crippen LogP contribution is -2.01. The number of hydrogen-bond donors (Lipinski definition) is 1. The molecule has 2 nitrogen and oxygen atoms in total. The van der Waals surface area contributed by atoms with E-state index in [4.69, 9.17) is 33.7 Å². The lowest BCUT2D eigenvalue weighted by Gasteiger charge is -2.09. The number of ether oxygens (including phenoxy) is 1. The second-order valence-corrected chi connectivity index (χ2v) is 5.41. The van der Waals surface area contributed by atoms with Crippen molar-refractivity contribution in [2.45, 2.75) is 19.4 Å². The third kappa shape index (κ3) is 4.41. The smallest absolute Gasteiger partial charge is 0.120 e. The lowest BCUT2D eigenvalue weighted by molar-refractivity contribution is 0.306. The van der Waals surface area contributed by atoms with Crippen LogP contribution >= 0.6 is 23.2 Å². The van der Waals surface area contributed by atoms with Gasteiger partial charge in [0.15, 0.2) is 0 Å². The van der Waals surface area contributed by atoms with Gasteiger partial charge in [-0.05, 0) is 49.2 Å². The van der Waals surface area contributed by atoms with Crippen LogP contribution in [0.4, 0.5) is 0 Å². The van der Waals surface area contributed by atoms with Gasteiger partial charge < -0.3 is 10.5 Å². The minimum atomic E-state index is 0.427. The maximum Gasteiger partial charge on any atom is 0.120 e. The van der Waals surface area contributed by atoms with E-state index in [1.165, 1.54) is 5.56 Å². The standard InChI is InChI=1S/C16H17Cl2NO/c17-14-7-6-13(16(18)10-14)11-20-15-5-1-3-12(9-15)4-2-8-19/h1,3,5-7,9-10H,2,4,8,11,19H2. The summed E-state index contributed by atoms with van der Waals surface area (Å²) >= 11 is 12.0. The van der Waals surface area contributed by atoms with Gasteiger partial charge in [-0.3, -0.25) is 0 Å². The predicted molar refractivity (Wildman–Crippen MR) is 84.6 cm³/mol. The van der Waals surface area contributed by atoms with Crippen molar-refractivity contribution in [1.82, 2.24) is 0 Å². The first-order valence-corrected chi connectivity index (χ1v) is 7.30. The van der Waals surface area contributed by atoms with Gasteiger partial charge in [0, 0.05) is 15.6 Å². The largest absolute Gasteiger partial charge is 0.489 e. The highest BCUT2D eigenvalue weighted by atomic mass is 35.5. The highest BCUT2D eigenvalue weighted by Crippen LogP contribution is 2.23. The first-order valence-electron chi connectivity index (χ1n) is 6.55. The van der Waals surface area contributed by atoms with Crippen molar-refractivity contribution in [3.63, 3.8) is 0 Å². The molecule has 106 valence electrons. The van der Waals surface area contributed by atoms with E-state index in [0.29, 0.717) is 23.2 Å². The summed E-state index contributed by atoms with van der Waals surface area (Å²) in [6.45, 7) is 1.13. The van der Waals surface area contributed by atoms with Gasteiger partial charge in [0.05, 0.1) is 0 Å². The van der Waals surface area contributed by atoms with Crippen LogP contribution in [0, 0.1) is 0 Å². The maximum atomic E-state index is 6.12. The summed E-state index contributed by atoms with van der Waals surface area (Å²) in [7, 11) is 0. The molecule has 0 aliphatic rings. The Morgan fingerprint density at radius 1 is 1.05 bits per heavy atom. The van der Waals surface area contributed by atoms with Crippen molar-refractivity contribution in [3.05, 3.63) is 63.6 Å². The molecule has 4 heteroatoms. The minimum absolute atomic E-state index is 0.427. The normalized spacial score (nSPS) is 10.6. The van der Waals surface area contributed by atoms with Crippen LogP contribution in [0.1, 0.15) is 17.5 Å². The molecule has 0 aliphatic carbocycles. The van der Waals surface area contributed by atoms with Crippen molar-refractivity contribution in [2.75, 3.05) is 6.54 Å². The van der Waals surface area contributed by atoms with Crippen molar-refractivity contribution in [2.24, 2.45) is 5.73 Å². The SMILES string of the molecule is NCCCc1cccc(OCc2ccc(Cl)cc2Cl)c1. The van der Waals surface area contributed by atoms with Crippen molar-refractivity contribution in [3.8, 4) is 5.75 Å². The molecule has 20 heavy (non-hydrogen) atoms. The molecule has 0 unspecified atom stereocenters. The Labute approximate surface area is 129 Å². The summed E-state index contributed by atoms with van der Waals surface area (Å²) in [4.78, 5) is 0. The van der Waals surface area contributed by atoms with Crippen LogP contribution in [-0.2, 0) is 13.0 Å². The van der Waals surface area contributed by atoms with Gasteiger partial charge in [-0.25, -0.2) is 0 Å². The van der Waals surface area contributed by atoms with Crippen molar-refractivity contribution < 1.29 is 4.74 Å². The van der Waals surface area contributed by atoms with Crippen LogP contribution in [0.3, 0.4) is 0 Å². The Balaban J connectivity index is 1.99. The molecular formula is C16H17Cl2NO. The van der Waals surface area contributed by atoms with Gasteiger partial charge in [0.25, 0.3) is 0 Å². The zero-order valence-corrected chi connectivity index (χ0v) is 12.6. The van der Waals surface area contributed by atoms with E-state index in [1.807, 2.05) is 30.3 Å². The second kappa shape index (κ2) is 7.53. The fraction of sp³-hybridized carbons (Fsp3) is 0.250. The maximum absolute atomic E-state index is 6.12. The molecule has 0 saturated carbocycles. The van der Waals surface area contributed by atoms with E-state index < -0.39 is 0 Å². The third-order valence-corrected chi connectivity index (χ3v) is 3.56. The summed E-state index contributed by atoms with van der Waals surface area (Å²) in [6, 6.07) is 13.5. The van der Waals surface area contributed by atoms with Crippen LogP contribution in [0.15, 0.2) is 42.5 Å². The molecule has 2 rings (SSSR count). The average molecular weight is 310 g/mol. The molecule has 0 fully saturated rings. The summed E-state index contributed by atoms with van der Waals surface area (Å²) in [5.74, 6) is 0.838. The summed E-state index contributed by atoms with van der Waals surface area (Å²) < 4.78 is 5.77. The molecule has 0 atom stereocenters. The Bertz CT molecular complexity index is 572.